The highest BCUT2D eigenvalue weighted by Gasteiger charge is 2.35. The van der Waals surface area contributed by atoms with Gasteiger partial charge in [0, 0.05) is 30.1 Å². The van der Waals surface area contributed by atoms with Gasteiger partial charge >= 0.3 is 6.03 Å². The number of amides is 3. The Bertz CT molecular complexity index is 959. The van der Waals surface area contributed by atoms with Crippen molar-refractivity contribution in [1.82, 2.24) is 15.1 Å². The fourth-order valence-electron chi connectivity index (χ4n) is 4.03. The molecule has 2 aromatic rings. The summed E-state index contributed by atoms with van der Waals surface area (Å²) in [6.07, 6.45) is 2.99. The van der Waals surface area contributed by atoms with E-state index in [1.807, 2.05) is 30.2 Å². The van der Waals surface area contributed by atoms with Crippen molar-refractivity contribution in [3.8, 4) is 5.75 Å². The van der Waals surface area contributed by atoms with Gasteiger partial charge in [-0.3, -0.25) is 4.79 Å². The van der Waals surface area contributed by atoms with Crippen LogP contribution in [0.4, 0.5) is 9.18 Å². The Hall–Kier alpha value is -2.61. The number of hydrogen-bond acceptors (Lipinski definition) is 4. The number of benzene rings is 1. The van der Waals surface area contributed by atoms with E-state index < -0.39 is 0 Å². The molecule has 0 bridgehead atoms. The van der Waals surface area contributed by atoms with E-state index in [9.17, 15) is 14.0 Å². The third-order valence-electron chi connectivity index (χ3n) is 5.82. The number of hydrogen-bond donors (Lipinski definition) is 1. The summed E-state index contributed by atoms with van der Waals surface area (Å²) in [7, 11) is 0. The van der Waals surface area contributed by atoms with E-state index in [1.165, 1.54) is 17.0 Å². The lowest BCUT2D eigenvalue weighted by Gasteiger charge is -2.37. The molecule has 1 aliphatic heterocycles. The maximum atomic E-state index is 13.6. The minimum absolute atomic E-state index is 0.00933. The Morgan fingerprint density at radius 3 is 2.84 bits per heavy atom. The Morgan fingerprint density at radius 2 is 2.12 bits per heavy atom. The third-order valence-corrected chi connectivity index (χ3v) is 6.82. The van der Waals surface area contributed by atoms with Crippen LogP contribution in [0.3, 0.4) is 0 Å². The zero-order valence-electron chi connectivity index (χ0n) is 18.6. The van der Waals surface area contributed by atoms with Gasteiger partial charge in [0.15, 0.2) is 0 Å². The molecule has 0 spiro atoms. The summed E-state index contributed by atoms with van der Waals surface area (Å²) in [6.45, 7) is 5.29. The Balaban J connectivity index is 1.48. The van der Waals surface area contributed by atoms with Crippen LogP contribution in [0.5, 0.6) is 5.75 Å². The lowest BCUT2D eigenvalue weighted by molar-refractivity contribution is -0.135. The van der Waals surface area contributed by atoms with Crippen molar-refractivity contribution < 1.29 is 18.7 Å². The summed E-state index contributed by atoms with van der Waals surface area (Å²) in [5, 5.41) is 4.95. The van der Waals surface area contributed by atoms with Crippen molar-refractivity contribution in [3.05, 3.63) is 52.0 Å². The van der Waals surface area contributed by atoms with Crippen LogP contribution in [-0.4, -0.2) is 54.0 Å². The molecule has 1 aromatic carbocycles. The molecule has 6 nitrogen and oxygen atoms in total. The van der Waals surface area contributed by atoms with E-state index >= 15 is 0 Å². The molecule has 1 aliphatic carbocycles. The summed E-state index contributed by atoms with van der Waals surface area (Å²) in [5.74, 6) is 0.473. The first-order valence-corrected chi connectivity index (χ1v) is 12.1. The molecule has 0 unspecified atom stereocenters. The number of carbonyl (C=O) groups excluding carboxylic acids is 2. The van der Waals surface area contributed by atoms with Gasteiger partial charge in [-0.2, -0.15) is 0 Å². The van der Waals surface area contributed by atoms with Crippen LogP contribution in [-0.2, 0) is 11.2 Å². The number of thiophene rings is 1. The highest BCUT2D eigenvalue weighted by molar-refractivity contribution is 7.10. The summed E-state index contributed by atoms with van der Waals surface area (Å²) < 4.78 is 19.4. The molecule has 2 heterocycles. The molecular weight excluding hydrogens is 429 g/mol. The van der Waals surface area contributed by atoms with Crippen LogP contribution in [0.25, 0.3) is 0 Å². The van der Waals surface area contributed by atoms with E-state index in [4.69, 9.17) is 4.74 Å². The van der Waals surface area contributed by atoms with Gasteiger partial charge in [0.25, 0.3) is 0 Å². The Morgan fingerprint density at radius 1 is 1.31 bits per heavy atom. The maximum absolute atomic E-state index is 13.6. The Kier molecular flexibility index (Phi) is 6.98. The fraction of sp³-hybridized carbons (Fsp3) is 0.500. The van der Waals surface area contributed by atoms with Crippen LogP contribution in [0.1, 0.15) is 43.2 Å². The number of nitrogens with zero attached hydrogens (tertiary/aromatic N) is 2. The van der Waals surface area contributed by atoms with Crippen molar-refractivity contribution in [2.24, 2.45) is 5.92 Å². The van der Waals surface area contributed by atoms with Gasteiger partial charge in [-0.05, 0) is 68.2 Å². The second kappa shape index (κ2) is 9.90. The van der Waals surface area contributed by atoms with Crippen LogP contribution < -0.4 is 10.1 Å². The molecule has 2 aliphatic rings. The summed E-state index contributed by atoms with van der Waals surface area (Å²) in [4.78, 5) is 30.8. The van der Waals surface area contributed by atoms with E-state index in [-0.39, 0.29) is 43.0 Å². The molecule has 4 rings (SSSR count). The van der Waals surface area contributed by atoms with Gasteiger partial charge in [-0.15, -0.1) is 11.3 Å². The molecule has 0 radical (unpaired) electrons. The first kappa shape index (κ1) is 22.6. The van der Waals surface area contributed by atoms with Gasteiger partial charge in [0.2, 0.25) is 5.91 Å². The SMILES string of the molecule is CC(C)NC(=O)N(CC(=O)N1CCc2sccc2[C@H]1COc1cccc(F)c1)CC1CC1. The van der Waals surface area contributed by atoms with Crippen LogP contribution in [0.15, 0.2) is 35.7 Å². The first-order chi connectivity index (χ1) is 15.4. The lowest BCUT2D eigenvalue weighted by atomic mass is 10.0. The van der Waals surface area contributed by atoms with E-state index in [2.05, 4.69) is 5.32 Å². The molecular formula is C24H30FN3O3S. The molecule has 1 aromatic heterocycles. The monoisotopic (exact) mass is 459 g/mol. The lowest BCUT2D eigenvalue weighted by Crippen LogP contribution is -2.51. The van der Waals surface area contributed by atoms with Crippen molar-refractivity contribution in [1.29, 1.82) is 0 Å². The first-order valence-electron chi connectivity index (χ1n) is 11.2. The standard InChI is InChI=1S/C24H30FN3O3S/c1-16(2)26-24(30)27(13-17-6-7-17)14-23(29)28-10-8-22-20(9-11-32-22)21(28)15-31-19-5-3-4-18(25)12-19/h3-5,9,11-12,16-17,21H,6-8,10,13-15H2,1-2H3,(H,26,30)/t21-/m1/s1. The van der Waals surface area contributed by atoms with E-state index in [0.29, 0.717) is 24.8 Å². The number of carbonyl (C=O) groups is 2. The van der Waals surface area contributed by atoms with Crippen molar-refractivity contribution in [2.75, 3.05) is 26.2 Å². The zero-order chi connectivity index (χ0) is 22.7. The molecule has 0 saturated heterocycles. The molecule has 1 fully saturated rings. The number of nitrogens with one attached hydrogen (secondary N) is 1. The molecule has 172 valence electrons. The minimum Gasteiger partial charge on any atom is -0.491 e. The molecule has 1 N–H and O–H groups in total. The van der Waals surface area contributed by atoms with Crippen LogP contribution >= 0.6 is 11.3 Å². The summed E-state index contributed by atoms with van der Waals surface area (Å²) >= 11 is 1.68. The van der Waals surface area contributed by atoms with E-state index in [0.717, 1.165) is 24.8 Å². The highest BCUT2D eigenvalue weighted by atomic mass is 32.1. The zero-order valence-corrected chi connectivity index (χ0v) is 19.4. The van der Waals surface area contributed by atoms with Gasteiger partial charge < -0.3 is 19.9 Å². The Labute approximate surface area is 192 Å². The van der Waals surface area contributed by atoms with Gasteiger partial charge in [-0.25, -0.2) is 9.18 Å². The third kappa shape index (κ3) is 5.59. The largest absolute Gasteiger partial charge is 0.491 e. The molecule has 8 heteroatoms. The predicted molar refractivity (Wildman–Crippen MR) is 122 cm³/mol. The van der Waals surface area contributed by atoms with Crippen LogP contribution in [0.2, 0.25) is 0 Å². The summed E-state index contributed by atoms with van der Waals surface area (Å²) in [6, 6.07) is 7.61. The van der Waals surface area contributed by atoms with Crippen molar-refractivity contribution in [3.63, 3.8) is 0 Å². The number of halogens is 1. The molecule has 32 heavy (non-hydrogen) atoms. The van der Waals surface area contributed by atoms with Crippen LogP contribution in [0, 0.1) is 11.7 Å². The van der Waals surface area contributed by atoms with Gasteiger partial charge in [-0.1, -0.05) is 6.07 Å². The fourth-order valence-corrected chi connectivity index (χ4v) is 4.96. The second-order valence-electron chi connectivity index (χ2n) is 8.85. The number of rotatable bonds is 8. The van der Waals surface area contributed by atoms with Crippen molar-refractivity contribution >= 4 is 23.3 Å². The highest BCUT2D eigenvalue weighted by Crippen LogP contribution is 2.34. The molecule has 1 atom stereocenters. The van der Waals surface area contributed by atoms with Gasteiger partial charge in [0.05, 0.1) is 6.04 Å². The number of urea groups is 1. The predicted octanol–water partition coefficient (Wildman–Crippen LogP) is 4.22. The van der Waals surface area contributed by atoms with Crippen molar-refractivity contribution in [2.45, 2.75) is 45.2 Å². The number of fused-ring (bicyclic) bond motifs is 1. The molecule has 3 amide bonds. The number of ether oxygens (including phenoxy) is 1. The average molecular weight is 460 g/mol. The van der Waals surface area contributed by atoms with Gasteiger partial charge in [0.1, 0.15) is 24.7 Å². The minimum atomic E-state index is -0.359. The summed E-state index contributed by atoms with van der Waals surface area (Å²) in [5.41, 5.74) is 1.08. The maximum Gasteiger partial charge on any atom is 0.318 e. The average Bonchev–Trinajstić information content (AvgIpc) is 3.43. The quantitative estimate of drug-likeness (QED) is 0.643. The van der Waals surface area contributed by atoms with E-state index in [1.54, 1.807) is 28.4 Å². The topological polar surface area (TPSA) is 61.9 Å². The smallest absolute Gasteiger partial charge is 0.318 e. The second-order valence-corrected chi connectivity index (χ2v) is 9.85. The normalized spacial score (nSPS) is 17.8. The molecule has 1 saturated carbocycles.